The standard InChI is InChI=1S/C14H16N6O3S/c1-3-9(12-15-8-16-19-12)17-13(21)11-10-6-4-5-7-20(10)14(18-11)24(2,22)23/h4-9H,3H2,1-2H3,(H,17,21)(H,15,16,19). The minimum atomic E-state index is -3.58. The zero-order valence-corrected chi connectivity index (χ0v) is 13.9. The summed E-state index contributed by atoms with van der Waals surface area (Å²) in [6.45, 7) is 1.89. The summed E-state index contributed by atoms with van der Waals surface area (Å²) in [5, 5.41) is 9.11. The molecule has 10 heteroatoms. The van der Waals surface area contributed by atoms with Crippen LogP contribution >= 0.6 is 0 Å². The Balaban J connectivity index is 2.01. The summed E-state index contributed by atoms with van der Waals surface area (Å²) >= 11 is 0. The van der Waals surface area contributed by atoms with Gasteiger partial charge in [-0.1, -0.05) is 13.0 Å². The molecule has 0 saturated heterocycles. The summed E-state index contributed by atoms with van der Waals surface area (Å²) in [4.78, 5) is 20.7. The number of nitrogens with zero attached hydrogens (tertiary/aromatic N) is 4. The fourth-order valence-corrected chi connectivity index (χ4v) is 3.19. The fraction of sp³-hybridized carbons (Fsp3) is 0.286. The smallest absolute Gasteiger partial charge is 0.272 e. The second kappa shape index (κ2) is 6.04. The maximum Gasteiger partial charge on any atom is 0.272 e. The molecule has 0 radical (unpaired) electrons. The number of amides is 1. The van der Waals surface area contributed by atoms with Gasteiger partial charge in [-0.15, -0.1) is 0 Å². The minimum Gasteiger partial charge on any atom is -0.341 e. The predicted molar refractivity (Wildman–Crippen MR) is 85.2 cm³/mol. The number of carbonyl (C=O) groups excluding carboxylic acids is 1. The van der Waals surface area contributed by atoms with Crippen molar-refractivity contribution in [3.05, 3.63) is 42.2 Å². The van der Waals surface area contributed by atoms with Crippen LogP contribution in [0.4, 0.5) is 0 Å². The van der Waals surface area contributed by atoms with Gasteiger partial charge in [0.2, 0.25) is 15.0 Å². The zero-order valence-electron chi connectivity index (χ0n) is 13.1. The van der Waals surface area contributed by atoms with E-state index in [1.807, 2.05) is 6.92 Å². The second-order valence-corrected chi connectivity index (χ2v) is 7.19. The molecule has 0 aromatic carbocycles. The lowest BCUT2D eigenvalue weighted by atomic mass is 10.2. The zero-order chi connectivity index (χ0) is 17.3. The van der Waals surface area contributed by atoms with E-state index in [0.717, 1.165) is 6.26 Å². The van der Waals surface area contributed by atoms with Crippen molar-refractivity contribution < 1.29 is 13.2 Å². The Morgan fingerprint density at radius 3 is 2.83 bits per heavy atom. The molecule has 24 heavy (non-hydrogen) atoms. The molecule has 0 aliphatic heterocycles. The first kappa shape index (κ1) is 16.1. The summed E-state index contributed by atoms with van der Waals surface area (Å²) < 4.78 is 25.2. The van der Waals surface area contributed by atoms with Crippen LogP contribution in [0.1, 0.15) is 35.7 Å². The van der Waals surface area contributed by atoms with Crippen molar-refractivity contribution in [2.75, 3.05) is 6.26 Å². The SMILES string of the molecule is CCC(NC(=O)c1nc(S(C)(=O)=O)n2ccccc12)c1ncn[nH]1. The summed E-state index contributed by atoms with van der Waals surface area (Å²) in [7, 11) is -3.58. The normalized spacial score (nSPS) is 13.1. The van der Waals surface area contributed by atoms with E-state index in [0.29, 0.717) is 17.8 Å². The van der Waals surface area contributed by atoms with Crippen molar-refractivity contribution in [2.24, 2.45) is 0 Å². The monoisotopic (exact) mass is 348 g/mol. The summed E-state index contributed by atoms with van der Waals surface area (Å²) in [5.74, 6) is 0.0505. The van der Waals surface area contributed by atoms with Gasteiger partial charge in [-0.25, -0.2) is 18.4 Å². The lowest BCUT2D eigenvalue weighted by Gasteiger charge is -2.13. The van der Waals surface area contributed by atoms with Crippen LogP contribution in [0, 0.1) is 0 Å². The molecule has 0 aliphatic carbocycles. The Bertz CT molecular complexity index is 977. The number of carbonyl (C=O) groups is 1. The third kappa shape index (κ3) is 2.87. The number of sulfone groups is 1. The van der Waals surface area contributed by atoms with E-state index < -0.39 is 15.7 Å². The van der Waals surface area contributed by atoms with Crippen molar-refractivity contribution in [1.82, 2.24) is 29.9 Å². The lowest BCUT2D eigenvalue weighted by molar-refractivity contribution is 0.0930. The molecule has 3 heterocycles. The Kier molecular flexibility index (Phi) is 4.06. The predicted octanol–water partition coefficient (Wildman–Crippen LogP) is 0.737. The molecular formula is C14H16N6O3S. The highest BCUT2D eigenvalue weighted by Gasteiger charge is 2.24. The van der Waals surface area contributed by atoms with E-state index in [-0.39, 0.29) is 16.9 Å². The molecule has 0 saturated carbocycles. The van der Waals surface area contributed by atoms with Crippen molar-refractivity contribution in [1.29, 1.82) is 0 Å². The van der Waals surface area contributed by atoms with Crippen LogP contribution in [0.25, 0.3) is 5.52 Å². The third-order valence-electron chi connectivity index (χ3n) is 3.54. The first-order valence-electron chi connectivity index (χ1n) is 7.25. The van der Waals surface area contributed by atoms with E-state index in [2.05, 4.69) is 25.5 Å². The number of pyridine rings is 1. The van der Waals surface area contributed by atoms with Crippen LogP contribution in [0.2, 0.25) is 0 Å². The lowest BCUT2D eigenvalue weighted by Crippen LogP contribution is -2.29. The molecule has 0 aliphatic rings. The van der Waals surface area contributed by atoms with Crippen molar-refractivity contribution in [3.8, 4) is 0 Å². The van der Waals surface area contributed by atoms with Gasteiger partial charge in [0, 0.05) is 12.5 Å². The summed E-state index contributed by atoms with van der Waals surface area (Å²) in [6.07, 6.45) is 4.56. The molecule has 1 amide bonds. The fourth-order valence-electron chi connectivity index (χ4n) is 2.41. The average molecular weight is 348 g/mol. The second-order valence-electron chi connectivity index (χ2n) is 5.28. The number of fused-ring (bicyclic) bond motifs is 1. The first-order chi connectivity index (χ1) is 11.4. The van der Waals surface area contributed by atoms with Gasteiger partial charge in [0.1, 0.15) is 12.2 Å². The highest BCUT2D eigenvalue weighted by atomic mass is 32.2. The van der Waals surface area contributed by atoms with E-state index >= 15 is 0 Å². The Labute approximate surface area is 138 Å². The van der Waals surface area contributed by atoms with Crippen LogP contribution in [0.5, 0.6) is 0 Å². The maximum absolute atomic E-state index is 12.6. The highest BCUT2D eigenvalue weighted by molar-refractivity contribution is 7.90. The van der Waals surface area contributed by atoms with Crippen LogP contribution in [0.15, 0.2) is 35.9 Å². The average Bonchev–Trinajstić information content (AvgIpc) is 3.19. The van der Waals surface area contributed by atoms with Gasteiger partial charge in [-0.2, -0.15) is 5.10 Å². The molecule has 3 aromatic rings. The number of nitrogens with one attached hydrogen (secondary N) is 2. The van der Waals surface area contributed by atoms with Crippen LogP contribution < -0.4 is 5.32 Å². The van der Waals surface area contributed by atoms with Crippen LogP contribution in [-0.4, -0.2) is 45.1 Å². The minimum absolute atomic E-state index is 0.0500. The Morgan fingerprint density at radius 1 is 1.42 bits per heavy atom. The van der Waals surface area contributed by atoms with Gasteiger partial charge in [0.05, 0.1) is 11.6 Å². The molecule has 3 aromatic heterocycles. The van der Waals surface area contributed by atoms with Gasteiger partial charge < -0.3 is 5.32 Å². The largest absolute Gasteiger partial charge is 0.341 e. The third-order valence-corrected chi connectivity index (χ3v) is 4.49. The topological polar surface area (TPSA) is 122 Å². The summed E-state index contributed by atoms with van der Waals surface area (Å²) in [6, 6.07) is 4.66. The van der Waals surface area contributed by atoms with E-state index in [9.17, 15) is 13.2 Å². The molecule has 3 rings (SSSR count). The van der Waals surface area contributed by atoms with Gasteiger partial charge in [-0.05, 0) is 18.6 Å². The van der Waals surface area contributed by atoms with E-state index in [1.165, 1.54) is 10.7 Å². The quantitative estimate of drug-likeness (QED) is 0.701. The Hall–Kier alpha value is -2.75. The number of aromatic nitrogens is 5. The van der Waals surface area contributed by atoms with Gasteiger partial charge >= 0.3 is 0 Å². The first-order valence-corrected chi connectivity index (χ1v) is 9.14. The number of rotatable bonds is 5. The number of aromatic amines is 1. The number of imidazole rings is 1. The molecule has 126 valence electrons. The van der Waals surface area contributed by atoms with Crippen LogP contribution in [-0.2, 0) is 9.84 Å². The van der Waals surface area contributed by atoms with Crippen LogP contribution in [0.3, 0.4) is 0 Å². The van der Waals surface area contributed by atoms with Gasteiger partial charge in [0.25, 0.3) is 5.91 Å². The van der Waals surface area contributed by atoms with Gasteiger partial charge in [0.15, 0.2) is 5.69 Å². The molecule has 0 spiro atoms. The number of hydrogen-bond donors (Lipinski definition) is 2. The van der Waals surface area contributed by atoms with E-state index in [4.69, 9.17) is 0 Å². The maximum atomic E-state index is 12.6. The highest BCUT2D eigenvalue weighted by Crippen LogP contribution is 2.18. The molecule has 9 nitrogen and oxygen atoms in total. The summed E-state index contributed by atoms with van der Waals surface area (Å²) in [5.41, 5.74) is 0.469. The Morgan fingerprint density at radius 2 is 2.21 bits per heavy atom. The number of H-pyrrole nitrogens is 1. The molecule has 2 N–H and O–H groups in total. The molecule has 1 unspecified atom stereocenters. The van der Waals surface area contributed by atoms with Gasteiger partial charge in [-0.3, -0.25) is 14.3 Å². The molecule has 0 fully saturated rings. The van der Waals surface area contributed by atoms with Crippen molar-refractivity contribution in [2.45, 2.75) is 24.5 Å². The molecular weight excluding hydrogens is 332 g/mol. The van der Waals surface area contributed by atoms with Crippen molar-refractivity contribution >= 4 is 21.3 Å². The molecule has 0 bridgehead atoms. The molecule has 1 atom stereocenters. The number of hydrogen-bond acceptors (Lipinski definition) is 6. The van der Waals surface area contributed by atoms with Crippen molar-refractivity contribution in [3.63, 3.8) is 0 Å². The van der Waals surface area contributed by atoms with E-state index in [1.54, 1.807) is 24.4 Å².